The zero-order chi connectivity index (χ0) is 14.8. The highest BCUT2D eigenvalue weighted by Gasteiger charge is 2.33. The van der Waals surface area contributed by atoms with Gasteiger partial charge < -0.3 is 11.1 Å². The van der Waals surface area contributed by atoms with E-state index in [0.717, 1.165) is 18.3 Å². The average molecular weight is 282 g/mol. The number of nitrogen functional groups attached to an aromatic ring is 1. The maximum Gasteiger partial charge on any atom is 0.418 e. The van der Waals surface area contributed by atoms with E-state index < -0.39 is 17.6 Å². The molecule has 5 nitrogen and oxygen atoms in total. The van der Waals surface area contributed by atoms with E-state index in [-0.39, 0.29) is 17.2 Å². The van der Waals surface area contributed by atoms with Crippen LogP contribution in [0.3, 0.4) is 0 Å². The van der Waals surface area contributed by atoms with Gasteiger partial charge in [0.1, 0.15) is 11.5 Å². The fourth-order valence-corrected chi connectivity index (χ4v) is 1.52. The molecular formula is C12H9F3N4O. The first-order valence-corrected chi connectivity index (χ1v) is 5.43. The average Bonchev–Trinajstić information content (AvgIpc) is 2.38. The number of benzene rings is 1. The summed E-state index contributed by atoms with van der Waals surface area (Å²) in [5, 5.41) is 2.14. The molecule has 0 unspecified atom stereocenters. The van der Waals surface area contributed by atoms with Crippen molar-refractivity contribution in [3.63, 3.8) is 0 Å². The first kappa shape index (κ1) is 13.8. The minimum absolute atomic E-state index is 0.00163. The van der Waals surface area contributed by atoms with Gasteiger partial charge in [-0.05, 0) is 12.1 Å². The highest BCUT2D eigenvalue weighted by Crippen LogP contribution is 2.34. The summed E-state index contributed by atoms with van der Waals surface area (Å²) in [6.45, 7) is 0. The maximum absolute atomic E-state index is 12.8. The Bertz CT molecular complexity index is 643. The molecule has 1 aromatic heterocycles. The van der Waals surface area contributed by atoms with Crippen molar-refractivity contribution in [2.45, 2.75) is 6.18 Å². The van der Waals surface area contributed by atoms with Crippen molar-refractivity contribution in [1.82, 2.24) is 9.97 Å². The summed E-state index contributed by atoms with van der Waals surface area (Å²) in [5.74, 6) is -0.816. The summed E-state index contributed by atoms with van der Waals surface area (Å²) in [7, 11) is 0. The Hall–Kier alpha value is -2.64. The van der Waals surface area contributed by atoms with E-state index in [4.69, 9.17) is 5.73 Å². The van der Waals surface area contributed by atoms with Gasteiger partial charge in [-0.3, -0.25) is 9.78 Å². The van der Waals surface area contributed by atoms with Gasteiger partial charge in [-0.15, -0.1) is 0 Å². The molecule has 0 atom stereocenters. The van der Waals surface area contributed by atoms with Crippen molar-refractivity contribution in [1.29, 1.82) is 0 Å². The van der Waals surface area contributed by atoms with Gasteiger partial charge in [-0.2, -0.15) is 13.2 Å². The number of hydrogen-bond acceptors (Lipinski definition) is 4. The van der Waals surface area contributed by atoms with Crippen LogP contribution in [0.1, 0.15) is 16.1 Å². The fourth-order valence-electron chi connectivity index (χ4n) is 1.52. The Morgan fingerprint density at radius 3 is 2.55 bits per heavy atom. The minimum Gasteiger partial charge on any atom is -0.382 e. The zero-order valence-corrected chi connectivity index (χ0v) is 9.98. The number of alkyl halides is 3. The van der Waals surface area contributed by atoms with Crippen LogP contribution in [0, 0.1) is 0 Å². The molecular weight excluding hydrogens is 273 g/mol. The molecule has 0 saturated carbocycles. The van der Waals surface area contributed by atoms with Crippen LogP contribution in [-0.4, -0.2) is 15.9 Å². The van der Waals surface area contributed by atoms with E-state index in [9.17, 15) is 18.0 Å². The van der Waals surface area contributed by atoms with Crippen molar-refractivity contribution in [3.05, 3.63) is 47.9 Å². The number of aromatic nitrogens is 2. The summed E-state index contributed by atoms with van der Waals surface area (Å²) >= 11 is 0. The quantitative estimate of drug-likeness (QED) is 0.885. The highest BCUT2D eigenvalue weighted by molar-refractivity contribution is 6.03. The summed E-state index contributed by atoms with van der Waals surface area (Å²) in [4.78, 5) is 19.1. The molecule has 104 valence electrons. The molecule has 0 bridgehead atoms. The number of nitrogens with two attached hydrogens (primary N) is 1. The number of anilines is 2. The Labute approximate surface area is 111 Å². The molecule has 2 aromatic rings. The van der Waals surface area contributed by atoms with Crippen LogP contribution < -0.4 is 11.1 Å². The van der Waals surface area contributed by atoms with E-state index in [2.05, 4.69) is 15.3 Å². The van der Waals surface area contributed by atoms with E-state index in [1.807, 2.05) is 0 Å². The lowest BCUT2D eigenvalue weighted by atomic mass is 10.1. The summed E-state index contributed by atoms with van der Waals surface area (Å²) in [6, 6.07) is 4.65. The second-order valence-electron chi connectivity index (χ2n) is 3.83. The van der Waals surface area contributed by atoms with Crippen LogP contribution in [0.5, 0.6) is 0 Å². The van der Waals surface area contributed by atoms with Gasteiger partial charge in [-0.25, -0.2) is 4.98 Å². The zero-order valence-electron chi connectivity index (χ0n) is 9.98. The summed E-state index contributed by atoms with van der Waals surface area (Å²) in [5.41, 5.74) is 3.90. The maximum atomic E-state index is 12.8. The molecule has 1 aromatic carbocycles. The number of carbonyl (C=O) groups is 1. The van der Waals surface area contributed by atoms with Gasteiger partial charge in [0.25, 0.3) is 5.91 Å². The normalized spacial score (nSPS) is 11.2. The first-order valence-electron chi connectivity index (χ1n) is 5.43. The largest absolute Gasteiger partial charge is 0.418 e. The topological polar surface area (TPSA) is 80.9 Å². The molecule has 2 rings (SSSR count). The molecule has 0 spiro atoms. The van der Waals surface area contributed by atoms with Crippen molar-refractivity contribution < 1.29 is 18.0 Å². The number of carbonyl (C=O) groups excluding carboxylic acids is 1. The number of amides is 1. The van der Waals surface area contributed by atoms with Crippen LogP contribution in [0.25, 0.3) is 0 Å². The third-order valence-electron chi connectivity index (χ3n) is 2.37. The van der Waals surface area contributed by atoms with Crippen LogP contribution in [0.4, 0.5) is 24.7 Å². The molecule has 3 N–H and O–H groups in total. The molecule has 0 saturated heterocycles. The van der Waals surface area contributed by atoms with E-state index in [0.29, 0.717) is 0 Å². The lowest BCUT2D eigenvalue weighted by Gasteiger charge is -2.13. The van der Waals surface area contributed by atoms with Crippen molar-refractivity contribution in [2.75, 3.05) is 11.1 Å². The highest BCUT2D eigenvalue weighted by atomic mass is 19.4. The first-order chi connectivity index (χ1) is 9.38. The van der Waals surface area contributed by atoms with Gasteiger partial charge in [0, 0.05) is 0 Å². The van der Waals surface area contributed by atoms with Gasteiger partial charge in [0.2, 0.25) is 0 Å². The van der Waals surface area contributed by atoms with Crippen LogP contribution in [-0.2, 0) is 6.18 Å². The van der Waals surface area contributed by atoms with Gasteiger partial charge in [0.15, 0.2) is 0 Å². The van der Waals surface area contributed by atoms with Crippen LogP contribution in [0.15, 0.2) is 36.7 Å². The van der Waals surface area contributed by atoms with Crippen LogP contribution >= 0.6 is 0 Å². The minimum atomic E-state index is -4.56. The Balaban J connectivity index is 2.29. The molecule has 8 heteroatoms. The van der Waals surface area contributed by atoms with Gasteiger partial charge in [-0.1, -0.05) is 12.1 Å². The Morgan fingerprint density at radius 2 is 1.90 bits per heavy atom. The third kappa shape index (κ3) is 3.02. The Morgan fingerprint density at radius 1 is 1.20 bits per heavy atom. The summed E-state index contributed by atoms with van der Waals surface area (Å²) in [6.07, 6.45) is -2.23. The second kappa shape index (κ2) is 5.16. The predicted molar refractivity (Wildman–Crippen MR) is 65.8 cm³/mol. The molecule has 0 aliphatic heterocycles. The number of rotatable bonds is 2. The lowest BCUT2D eigenvalue weighted by Crippen LogP contribution is -2.18. The molecule has 0 radical (unpaired) electrons. The van der Waals surface area contributed by atoms with E-state index >= 15 is 0 Å². The number of hydrogen-bond donors (Lipinski definition) is 2. The van der Waals surface area contributed by atoms with Crippen molar-refractivity contribution >= 4 is 17.4 Å². The van der Waals surface area contributed by atoms with Gasteiger partial charge >= 0.3 is 6.18 Å². The number of para-hydroxylation sites is 1. The molecule has 0 aliphatic rings. The molecule has 0 aliphatic carbocycles. The third-order valence-corrected chi connectivity index (χ3v) is 2.37. The molecule has 0 fully saturated rings. The second-order valence-corrected chi connectivity index (χ2v) is 3.83. The predicted octanol–water partition coefficient (Wildman–Crippen LogP) is 2.33. The molecule has 1 amide bonds. The van der Waals surface area contributed by atoms with E-state index in [1.54, 1.807) is 0 Å². The number of halogens is 3. The lowest BCUT2D eigenvalue weighted by molar-refractivity contribution is -0.136. The monoisotopic (exact) mass is 282 g/mol. The van der Waals surface area contributed by atoms with Crippen LogP contribution in [0.2, 0.25) is 0 Å². The number of nitrogens with zero attached hydrogens (tertiary/aromatic N) is 2. The summed E-state index contributed by atoms with van der Waals surface area (Å²) < 4.78 is 38.3. The standard InChI is InChI=1S/C12H9F3N4O/c13-12(14,15)7-3-1-2-4-8(7)19-11(20)9-5-17-6-10(16)18-9/h1-6H,(H2,16,18)(H,19,20). The SMILES string of the molecule is Nc1cncc(C(=O)Nc2ccccc2C(F)(F)F)n1. The smallest absolute Gasteiger partial charge is 0.382 e. The van der Waals surface area contributed by atoms with Gasteiger partial charge in [0.05, 0.1) is 23.6 Å². The van der Waals surface area contributed by atoms with E-state index in [1.165, 1.54) is 18.3 Å². The van der Waals surface area contributed by atoms with Crippen molar-refractivity contribution in [3.8, 4) is 0 Å². The molecule has 1 heterocycles. The fraction of sp³-hybridized carbons (Fsp3) is 0.0833. The molecule has 20 heavy (non-hydrogen) atoms. The van der Waals surface area contributed by atoms with Crippen molar-refractivity contribution in [2.24, 2.45) is 0 Å². The number of nitrogens with one attached hydrogen (secondary N) is 1. The Kier molecular flexibility index (Phi) is 3.55.